The lowest BCUT2D eigenvalue weighted by Crippen LogP contribution is -2.23. The maximum absolute atomic E-state index is 12.0. The van der Waals surface area contributed by atoms with E-state index in [0.29, 0.717) is 13.2 Å². The van der Waals surface area contributed by atoms with E-state index in [1.54, 1.807) is 0 Å². The maximum Gasteiger partial charge on any atom is 0.229 e. The van der Waals surface area contributed by atoms with Crippen LogP contribution >= 0.6 is 0 Å². The van der Waals surface area contributed by atoms with Crippen LogP contribution in [0.1, 0.15) is 18.9 Å². The molecular formula is C13H18N2O2. The van der Waals surface area contributed by atoms with Gasteiger partial charge in [0.2, 0.25) is 5.91 Å². The molecule has 3 N–H and O–H groups in total. The van der Waals surface area contributed by atoms with Crippen LogP contribution in [0.15, 0.2) is 24.3 Å². The largest absolute Gasteiger partial charge is 0.378 e. The van der Waals surface area contributed by atoms with Crippen molar-refractivity contribution >= 4 is 11.6 Å². The molecule has 4 heteroatoms. The van der Waals surface area contributed by atoms with E-state index in [2.05, 4.69) is 5.32 Å². The molecule has 1 aromatic carbocycles. The van der Waals surface area contributed by atoms with Crippen LogP contribution in [0.2, 0.25) is 0 Å². The second-order valence-electron chi connectivity index (χ2n) is 4.43. The highest BCUT2D eigenvalue weighted by molar-refractivity contribution is 5.93. The summed E-state index contributed by atoms with van der Waals surface area (Å²) in [5.74, 6) is -0.0221. The van der Waals surface area contributed by atoms with Gasteiger partial charge < -0.3 is 15.8 Å². The first-order valence-electron chi connectivity index (χ1n) is 5.91. The van der Waals surface area contributed by atoms with E-state index in [4.69, 9.17) is 10.5 Å². The lowest BCUT2D eigenvalue weighted by molar-refractivity contribution is -0.119. The molecule has 1 aliphatic rings. The van der Waals surface area contributed by atoms with Crippen LogP contribution in [-0.4, -0.2) is 18.6 Å². The van der Waals surface area contributed by atoms with E-state index in [1.807, 2.05) is 31.2 Å². The highest BCUT2D eigenvalue weighted by Crippen LogP contribution is 2.22. The van der Waals surface area contributed by atoms with Gasteiger partial charge in [-0.15, -0.1) is 0 Å². The van der Waals surface area contributed by atoms with Crippen molar-refractivity contribution in [3.8, 4) is 0 Å². The summed E-state index contributed by atoms with van der Waals surface area (Å²) in [5, 5.41) is 2.92. The maximum atomic E-state index is 12.0. The van der Waals surface area contributed by atoms with Crippen LogP contribution in [0.4, 0.5) is 5.69 Å². The van der Waals surface area contributed by atoms with Crippen LogP contribution in [0.5, 0.6) is 0 Å². The average molecular weight is 234 g/mol. The van der Waals surface area contributed by atoms with Gasteiger partial charge >= 0.3 is 0 Å². The number of carbonyl (C=O) groups excluding carboxylic acids is 1. The molecule has 0 saturated carbocycles. The van der Waals surface area contributed by atoms with Crippen LogP contribution < -0.4 is 11.1 Å². The Balaban J connectivity index is 2.03. The lowest BCUT2D eigenvalue weighted by atomic mass is 10.0. The predicted molar refractivity (Wildman–Crippen MR) is 66.5 cm³/mol. The molecule has 4 nitrogen and oxygen atoms in total. The Labute approximate surface area is 101 Å². The highest BCUT2D eigenvalue weighted by Gasteiger charge is 2.28. The SMILES string of the molecule is CC1CC(C(=O)Nc2ccccc2CN)CO1. The van der Waals surface area contributed by atoms with Crippen molar-refractivity contribution in [3.63, 3.8) is 0 Å². The number of hydrogen-bond donors (Lipinski definition) is 2. The molecule has 17 heavy (non-hydrogen) atoms. The molecule has 92 valence electrons. The smallest absolute Gasteiger partial charge is 0.229 e. The molecule has 2 rings (SSSR count). The van der Waals surface area contributed by atoms with Crippen molar-refractivity contribution in [1.82, 2.24) is 0 Å². The number of nitrogens with two attached hydrogens (primary N) is 1. The quantitative estimate of drug-likeness (QED) is 0.833. The zero-order valence-electron chi connectivity index (χ0n) is 9.98. The zero-order valence-corrected chi connectivity index (χ0v) is 9.98. The Bertz CT molecular complexity index is 406. The van der Waals surface area contributed by atoms with Crippen molar-refractivity contribution in [3.05, 3.63) is 29.8 Å². The van der Waals surface area contributed by atoms with Crippen LogP contribution in [0.25, 0.3) is 0 Å². The summed E-state index contributed by atoms with van der Waals surface area (Å²) >= 11 is 0. The molecule has 1 fully saturated rings. The summed E-state index contributed by atoms with van der Waals surface area (Å²) in [6, 6.07) is 7.60. The minimum atomic E-state index is -0.0455. The van der Waals surface area contributed by atoms with E-state index in [1.165, 1.54) is 0 Å². The highest BCUT2D eigenvalue weighted by atomic mass is 16.5. The first-order chi connectivity index (χ1) is 8.20. The minimum absolute atomic E-state index is 0.0234. The number of carbonyl (C=O) groups is 1. The Morgan fingerprint density at radius 2 is 2.29 bits per heavy atom. The Morgan fingerprint density at radius 1 is 1.53 bits per heavy atom. The van der Waals surface area contributed by atoms with E-state index in [-0.39, 0.29) is 17.9 Å². The summed E-state index contributed by atoms with van der Waals surface area (Å²) in [4.78, 5) is 12.0. The van der Waals surface area contributed by atoms with E-state index < -0.39 is 0 Å². The first kappa shape index (κ1) is 12.1. The molecule has 1 aliphatic heterocycles. The molecule has 1 heterocycles. The Hall–Kier alpha value is -1.39. The second-order valence-corrected chi connectivity index (χ2v) is 4.43. The van der Waals surface area contributed by atoms with Crippen LogP contribution in [0.3, 0.4) is 0 Å². The van der Waals surface area contributed by atoms with Gasteiger partial charge in [-0.3, -0.25) is 4.79 Å². The summed E-state index contributed by atoms with van der Waals surface area (Å²) in [5.41, 5.74) is 7.38. The number of benzene rings is 1. The molecule has 2 unspecified atom stereocenters. The van der Waals surface area contributed by atoms with Crippen molar-refractivity contribution in [2.24, 2.45) is 11.7 Å². The Morgan fingerprint density at radius 3 is 2.94 bits per heavy atom. The van der Waals surface area contributed by atoms with Crippen molar-refractivity contribution in [1.29, 1.82) is 0 Å². The zero-order chi connectivity index (χ0) is 12.3. The van der Waals surface area contributed by atoms with Crippen molar-refractivity contribution < 1.29 is 9.53 Å². The molecule has 1 amide bonds. The summed E-state index contributed by atoms with van der Waals surface area (Å²) < 4.78 is 5.40. The summed E-state index contributed by atoms with van der Waals surface area (Å²) in [6.07, 6.45) is 0.965. The number of anilines is 1. The number of ether oxygens (including phenoxy) is 1. The van der Waals surface area contributed by atoms with Gasteiger partial charge in [-0.1, -0.05) is 18.2 Å². The molecule has 0 spiro atoms. The van der Waals surface area contributed by atoms with Gasteiger partial charge in [0, 0.05) is 12.2 Å². The van der Waals surface area contributed by atoms with Crippen molar-refractivity contribution in [2.75, 3.05) is 11.9 Å². The number of nitrogens with one attached hydrogen (secondary N) is 1. The predicted octanol–water partition coefficient (Wildman–Crippen LogP) is 1.51. The monoisotopic (exact) mass is 234 g/mol. The number of para-hydroxylation sites is 1. The van der Waals surface area contributed by atoms with E-state index in [0.717, 1.165) is 17.7 Å². The van der Waals surface area contributed by atoms with Gasteiger partial charge in [0.25, 0.3) is 0 Å². The van der Waals surface area contributed by atoms with Gasteiger partial charge in [-0.2, -0.15) is 0 Å². The first-order valence-corrected chi connectivity index (χ1v) is 5.91. The summed E-state index contributed by atoms with van der Waals surface area (Å²) in [7, 11) is 0. The van der Waals surface area contributed by atoms with Gasteiger partial charge in [-0.05, 0) is 25.0 Å². The third-order valence-corrected chi connectivity index (χ3v) is 3.06. The standard InChI is InChI=1S/C13H18N2O2/c1-9-6-11(8-17-9)13(16)15-12-5-3-2-4-10(12)7-14/h2-5,9,11H,6-8,14H2,1H3,(H,15,16). The molecule has 0 bridgehead atoms. The summed E-state index contributed by atoms with van der Waals surface area (Å²) in [6.45, 7) is 2.92. The molecule has 2 atom stereocenters. The van der Waals surface area contributed by atoms with E-state index >= 15 is 0 Å². The fourth-order valence-electron chi connectivity index (χ4n) is 2.05. The molecule has 1 saturated heterocycles. The van der Waals surface area contributed by atoms with Crippen molar-refractivity contribution in [2.45, 2.75) is 26.0 Å². The third kappa shape index (κ3) is 2.84. The molecule has 0 aliphatic carbocycles. The second kappa shape index (κ2) is 5.29. The Kier molecular flexibility index (Phi) is 3.76. The minimum Gasteiger partial charge on any atom is -0.378 e. The third-order valence-electron chi connectivity index (χ3n) is 3.06. The van der Waals surface area contributed by atoms with Crippen LogP contribution in [0, 0.1) is 5.92 Å². The lowest BCUT2D eigenvalue weighted by Gasteiger charge is -2.12. The number of amides is 1. The molecule has 0 radical (unpaired) electrons. The van der Waals surface area contributed by atoms with Gasteiger partial charge in [0.15, 0.2) is 0 Å². The topological polar surface area (TPSA) is 64.4 Å². The van der Waals surface area contributed by atoms with E-state index in [9.17, 15) is 4.79 Å². The molecule has 0 aromatic heterocycles. The van der Waals surface area contributed by atoms with Gasteiger partial charge in [0.1, 0.15) is 0 Å². The van der Waals surface area contributed by atoms with Crippen LogP contribution in [-0.2, 0) is 16.1 Å². The molecule has 1 aromatic rings. The average Bonchev–Trinajstić information content (AvgIpc) is 2.77. The number of rotatable bonds is 3. The molecular weight excluding hydrogens is 216 g/mol. The number of hydrogen-bond acceptors (Lipinski definition) is 3. The normalized spacial score (nSPS) is 23.6. The van der Waals surface area contributed by atoms with Gasteiger partial charge in [-0.25, -0.2) is 0 Å². The van der Waals surface area contributed by atoms with Gasteiger partial charge in [0.05, 0.1) is 18.6 Å². The fraction of sp³-hybridized carbons (Fsp3) is 0.462. The fourth-order valence-corrected chi connectivity index (χ4v) is 2.05.